The Morgan fingerprint density at radius 2 is 1.86 bits per heavy atom. The molecule has 1 fully saturated rings. The number of rotatable bonds is 3. The van der Waals surface area contributed by atoms with Crippen LogP contribution in [0.1, 0.15) is 17.2 Å². The molecule has 21 heavy (non-hydrogen) atoms. The average Bonchev–Trinajstić information content (AvgIpc) is 2.52. The van der Waals surface area contributed by atoms with Crippen LogP contribution in [0.4, 0.5) is 0 Å². The lowest BCUT2D eigenvalue weighted by Gasteiger charge is -2.31. The minimum absolute atomic E-state index is 0.0387. The van der Waals surface area contributed by atoms with Crippen molar-refractivity contribution in [1.29, 1.82) is 0 Å². The van der Waals surface area contributed by atoms with E-state index in [1.54, 1.807) is 6.07 Å². The van der Waals surface area contributed by atoms with E-state index in [0.29, 0.717) is 22.7 Å². The molecule has 2 aromatic carbocycles. The highest BCUT2D eigenvalue weighted by molar-refractivity contribution is 6.42. The van der Waals surface area contributed by atoms with Crippen LogP contribution in [0.25, 0.3) is 0 Å². The van der Waals surface area contributed by atoms with Crippen LogP contribution in [0.2, 0.25) is 10.0 Å². The third kappa shape index (κ3) is 3.58. The fourth-order valence-corrected chi connectivity index (χ4v) is 3.05. The predicted octanol–water partition coefficient (Wildman–Crippen LogP) is 4.27. The van der Waals surface area contributed by atoms with E-state index in [-0.39, 0.29) is 6.10 Å². The molecule has 1 aliphatic heterocycles. The van der Waals surface area contributed by atoms with Crippen molar-refractivity contribution in [1.82, 2.24) is 5.32 Å². The van der Waals surface area contributed by atoms with Crippen molar-refractivity contribution in [3.8, 4) is 0 Å². The van der Waals surface area contributed by atoms with E-state index in [0.717, 1.165) is 18.5 Å². The zero-order valence-electron chi connectivity index (χ0n) is 11.6. The van der Waals surface area contributed by atoms with Crippen molar-refractivity contribution in [2.45, 2.75) is 18.6 Å². The number of halogens is 2. The van der Waals surface area contributed by atoms with Crippen molar-refractivity contribution in [3.05, 3.63) is 69.7 Å². The van der Waals surface area contributed by atoms with Gasteiger partial charge in [0.25, 0.3) is 0 Å². The monoisotopic (exact) mass is 321 g/mol. The highest BCUT2D eigenvalue weighted by Crippen LogP contribution is 2.32. The van der Waals surface area contributed by atoms with Crippen molar-refractivity contribution >= 4 is 23.2 Å². The minimum Gasteiger partial charge on any atom is -0.371 e. The second-order valence-corrected chi connectivity index (χ2v) is 6.05. The highest BCUT2D eigenvalue weighted by Gasteiger charge is 2.24. The van der Waals surface area contributed by atoms with Crippen LogP contribution in [-0.2, 0) is 11.2 Å². The molecule has 2 unspecified atom stereocenters. The second kappa shape index (κ2) is 6.80. The number of hydrogen-bond donors (Lipinski definition) is 1. The Hall–Kier alpha value is -1.06. The molecule has 2 nitrogen and oxygen atoms in total. The summed E-state index contributed by atoms with van der Waals surface area (Å²) in [6.07, 6.45) is 0.930. The molecule has 1 heterocycles. The van der Waals surface area contributed by atoms with Gasteiger partial charge in [-0.1, -0.05) is 65.7 Å². The molecule has 2 atom stereocenters. The maximum Gasteiger partial charge on any atom is 0.0965 e. The third-order valence-corrected chi connectivity index (χ3v) is 4.58. The zero-order valence-corrected chi connectivity index (χ0v) is 13.1. The molecule has 1 saturated heterocycles. The Labute approximate surface area is 135 Å². The van der Waals surface area contributed by atoms with Crippen molar-refractivity contribution in [2.24, 2.45) is 0 Å². The Bertz CT molecular complexity index is 595. The molecule has 4 heteroatoms. The predicted molar refractivity (Wildman–Crippen MR) is 87.1 cm³/mol. The standard InChI is InChI=1S/C17H17Cl2NO/c18-15-8-4-7-14(17(15)19)16-10-20-13(11-21-16)9-12-5-2-1-3-6-12/h1-8,13,16,20H,9-11H2. The molecule has 0 spiro atoms. The number of benzene rings is 2. The lowest BCUT2D eigenvalue weighted by Crippen LogP contribution is -2.44. The van der Waals surface area contributed by atoms with Crippen LogP contribution in [0.3, 0.4) is 0 Å². The van der Waals surface area contributed by atoms with Gasteiger partial charge in [0.05, 0.1) is 22.8 Å². The molecule has 1 N–H and O–H groups in total. The molecule has 3 rings (SSSR count). The molecule has 0 aromatic heterocycles. The Morgan fingerprint density at radius 3 is 2.57 bits per heavy atom. The molecule has 2 aromatic rings. The molecule has 0 saturated carbocycles. The first kappa shape index (κ1) is 14.9. The summed E-state index contributed by atoms with van der Waals surface area (Å²) < 4.78 is 5.98. The van der Waals surface area contributed by atoms with Gasteiger partial charge in [0.15, 0.2) is 0 Å². The van der Waals surface area contributed by atoms with Gasteiger partial charge in [-0.25, -0.2) is 0 Å². The summed E-state index contributed by atoms with van der Waals surface area (Å²) in [5.41, 5.74) is 2.27. The van der Waals surface area contributed by atoms with Crippen LogP contribution in [0, 0.1) is 0 Å². The van der Waals surface area contributed by atoms with Gasteiger partial charge in [0, 0.05) is 18.2 Å². The van der Waals surface area contributed by atoms with E-state index in [4.69, 9.17) is 27.9 Å². The number of ether oxygens (including phenoxy) is 1. The van der Waals surface area contributed by atoms with E-state index >= 15 is 0 Å². The summed E-state index contributed by atoms with van der Waals surface area (Å²) in [6.45, 7) is 1.42. The number of hydrogen-bond acceptors (Lipinski definition) is 2. The van der Waals surface area contributed by atoms with Gasteiger partial charge in [0.2, 0.25) is 0 Å². The molecule has 0 amide bonds. The van der Waals surface area contributed by atoms with Gasteiger partial charge in [0.1, 0.15) is 0 Å². The number of morpholine rings is 1. The SMILES string of the molecule is Clc1cccc(C2CNC(Cc3ccccc3)CO2)c1Cl. The van der Waals surface area contributed by atoms with Crippen LogP contribution in [0.5, 0.6) is 0 Å². The zero-order chi connectivity index (χ0) is 14.7. The smallest absolute Gasteiger partial charge is 0.0965 e. The molecule has 1 aliphatic rings. The maximum atomic E-state index is 6.25. The second-order valence-electron chi connectivity index (χ2n) is 5.26. The van der Waals surface area contributed by atoms with E-state index in [9.17, 15) is 0 Å². The molecular weight excluding hydrogens is 305 g/mol. The molecular formula is C17H17Cl2NO. The van der Waals surface area contributed by atoms with Gasteiger partial charge >= 0.3 is 0 Å². The first-order valence-corrected chi connectivity index (χ1v) is 7.82. The van der Waals surface area contributed by atoms with Gasteiger partial charge in [-0.05, 0) is 18.1 Å². The molecule has 0 radical (unpaired) electrons. The first-order valence-electron chi connectivity index (χ1n) is 7.07. The van der Waals surface area contributed by atoms with Crippen LogP contribution in [-0.4, -0.2) is 19.2 Å². The summed E-state index contributed by atoms with van der Waals surface area (Å²) in [5.74, 6) is 0. The van der Waals surface area contributed by atoms with E-state index < -0.39 is 0 Å². The number of nitrogens with one attached hydrogen (secondary N) is 1. The van der Waals surface area contributed by atoms with Gasteiger partial charge in [-0.15, -0.1) is 0 Å². The first-order chi connectivity index (χ1) is 10.2. The highest BCUT2D eigenvalue weighted by atomic mass is 35.5. The summed E-state index contributed by atoms with van der Waals surface area (Å²) in [5, 5.41) is 4.70. The van der Waals surface area contributed by atoms with Crippen LogP contribution >= 0.6 is 23.2 Å². The Kier molecular flexibility index (Phi) is 4.81. The lowest BCUT2D eigenvalue weighted by atomic mass is 10.0. The summed E-state index contributed by atoms with van der Waals surface area (Å²) in [4.78, 5) is 0. The summed E-state index contributed by atoms with van der Waals surface area (Å²) in [7, 11) is 0. The lowest BCUT2D eigenvalue weighted by molar-refractivity contribution is 0.00313. The van der Waals surface area contributed by atoms with E-state index in [1.807, 2.05) is 18.2 Å². The van der Waals surface area contributed by atoms with Crippen LogP contribution in [0.15, 0.2) is 48.5 Å². The molecule has 110 valence electrons. The van der Waals surface area contributed by atoms with Crippen molar-refractivity contribution in [3.63, 3.8) is 0 Å². The quantitative estimate of drug-likeness (QED) is 0.911. The van der Waals surface area contributed by atoms with E-state index in [2.05, 4.69) is 29.6 Å². The fraction of sp³-hybridized carbons (Fsp3) is 0.294. The van der Waals surface area contributed by atoms with Gasteiger partial charge in [-0.2, -0.15) is 0 Å². The third-order valence-electron chi connectivity index (χ3n) is 3.74. The Balaban J connectivity index is 1.61. The summed E-state index contributed by atoms with van der Waals surface area (Å²) >= 11 is 12.3. The van der Waals surface area contributed by atoms with Crippen molar-refractivity contribution < 1.29 is 4.74 Å². The maximum absolute atomic E-state index is 6.25. The van der Waals surface area contributed by atoms with Crippen LogP contribution < -0.4 is 5.32 Å². The topological polar surface area (TPSA) is 21.3 Å². The summed E-state index contributed by atoms with van der Waals surface area (Å²) in [6, 6.07) is 16.4. The Morgan fingerprint density at radius 1 is 1.05 bits per heavy atom. The van der Waals surface area contributed by atoms with Gasteiger partial charge in [-0.3, -0.25) is 0 Å². The normalized spacial score (nSPS) is 22.2. The van der Waals surface area contributed by atoms with Crippen molar-refractivity contribution in [2.75, 3.05) is 13.2 Å². The average molecular weight is 322 g/mol. The van der Waals surface area contributed by atoms with Gasteiger partial charge < -0.3 is 10.1 Å². The minimum atomic E-state index is -0.0387. The largest absolute Gasteiger partial charge is 0.371 e. The molecule has 0 aliphatic carbocycles. The van der Waals surface area contributed by atoms with E-state index in [1.165, 1.54) is 5.56 Å². The fourth-order valence-electron chi connectivity index (χ4n) is 2.62. The molecule has 0 bridgehead atoms.